The van der Waals surface area contributed by atoms with Crippen molar-refractivity contribution in [3.63, 3.8) is 0 Å². The van der Waals surface area contributed by atoms with Crippen LogP contribution in [0.25, 0.3) is 0 Å². The Labute approximate surface area is 118 Å². The highest BCUT2D eigenvalue weighted by atomic mass is 127. The van der Waals surface area contributed by atoms with Crippen LogP contribution in [-0.2, 0) is 0 Å². The van der Waals surface area contributed by atoms with Gasteiger partial charge in [0, 0.05) is 6.20 Å². The molecule has 1 aromatic rings. The average molecular weight is 388 g/mol. The van der Waals surface area contributed by atoms with E-state index in [1.807, 2.05) is 0 Å². The first-order valence-electron chi connectivity index (χ1n) is 5.05. The summed E-state index contributed by atoms with van der Waals surface area (Å²) in [5.74, 6) is 0. The predicted octanol–water partition coefficient (Wildman–Crippen LogP) is -0.553. The van der Waals surface area contributed by atoms with Crippen molar-refractivity contribution in [2.24, 2.45) is 0 Å². The first-order chi connectivity index (χ1) is 8.45. The number of aromatic nitrogens is 2. The van der Waals surface area contributed by atoms with Gasteiger partial charge in [-0.25, -0.2) is 9.18 Å². The minimum Gasteiger partial charge on any atom is -0.395 e. The summed E-state index contributed by atoms with van der Waals surface area (Å²) in [5.41, 5.74) is -1.26. The van der Waals surface area contributed by atoms with Gasteiger partial charge in [0.15, 0.2) is 6.17 Å². The Morgan fingerprint density at radius 3 is 2.78 bits per heavy atom. The summed E-state index contributed by atoms with van der Waals surface area (Å²) in [6.45, 7) is -0.377. The van der Waals surface area contributed by atoms with Gasteiger partial charge in [0.05, 0.1) is 15.4 Å². The highest BCUT2D eigenvalue weighted by Gasteiger charge is 2.44. The molecule has 0 unspecified atom stereocenters. The van der Waals surface area contributed by atoms with E-state index in [9.17, 15) is 19.1 Å². The molecule has 0 amide bonds. The largest absolute Gasteiger partial charge is 0.395 e. The van der Waals surface area contributed by atoms with Crippen molar-refractivity contribution in [2.45, 2.75) is 22.9 Å². The molecule has 1 saturated heterocycles. The number of hydrogen-bond acceptors (Lipinski definition) is 5. The monoisotopic (exact) mass is 388 g/mol. The Morgan fingerprint density at radius 1 is 1.56 bits per heavy atom. The lowest BCUT2D eigenvalue weighted by Gasteiger charge is -2.15. The topological polar surface area (TPSA) is 95.3 Å². The normalized spacial score (nSPS) is 31.8. The molecule has 6 nitrogen and oxygen atoms in total. The third-order valence-corrected chi connectivity index (χ3v) is 4.98. The maximum Gasteiger partial charge on any atom is 0.329 e. The van der Waals surface area contributed by atoms with Crippen LogP contribution in [0.2, 0.25) is 0 Å². The average Bonchev–Trinajstić information content (AvgIpc) is 2.61. The van der Waals surface area contributed by atoms with Crippen molar-refractivity contribution in [1.29, 1.82) is 0 Å². The second kappa shape index (κ2) is 5.31. The van der Waals surface area contributed by atoms with Gasteiger partial charge in [-0.15, -0.1) is 11.8 Å². The second-order valence-electron chi connectivity index (χ2n) is 3.83. The summed E-state index contributed by atoms with van der Waals surface area (Å²) in [7, 11) is 0. The molecule has 3 N–H and O–H groups in total. The van der Waals surface area contributed by atoms with Crippen molar-refractivity contribution in [3.8, 4) is 0 Å². The molecule has 0 radical (unpaired) electrons. The van der Waals surface area contributed by atoms with Crippen LogP contribution < -0.4 is 11.2 Å². The van der Waals surface area contributed by atoms with E-state index < -0.39 is 34.1 Å². The van der Waals surface area contributed by atoms with E-state index in [4.69, 9.17) is 5.11 Å². The number of aliphatic hydroxyl groups is 2. The highest BCUT2D eigenvalue weighted by molar-refractivity contribution is 14.1. The van der Waals surface area contributed by atoms with E-state index in [0.717, 1.165) is 16.3 Å². The lowest BCUT2D eigenvalue weighted by atomic mass is 10.1. The van der Waals surface area contributed by atoms with Crippen molar-refractivity contribution in [3.05, 3.63) is 30.6 Å². The van der Waals surface area contributed by atoms with Gasteiger partial charge in [-0.1, -0.05) is 0 Å². The van der Waals surface area contributed by atoms with E-state index in [1.165, 1.54) is 6.20 Å². The smallest absolute Gasteiger partial charge is 0.329 e. The van der Waals surface area contributed by atoms with Crippen molar-refractivity contribution < 1.29 is 14.6 Å². The molecule has 1 aliphatic rings. The van der Waals surface area contributed by atoms with Crippen LogP contribution >= 0.6 is 34.4 Å². The molecule has 0 aliphatic carbocycles. The molecule has 100 valence electrons. The van der Waals surface area contributed by atoms with Gasteiger partial charge >= 0.3 is 5.69 Å². The summed E-state index contributed by atoms with van der Waals surface area (Å²) in [6.07, 6.45) is -1.76. The molecular weight excluding hydrogens is 378 g/mol. The number of halogens is 2. The molecule has 1 aliphatic heterocycles. The molecule has 4 atom stereocenters. The van der Waals surface area contributed by atoms with Gasteiger partial charge < -0.3 is 10.2 Å². The third kappa shape index (κ3) is 2.36. The fourth-order valence-electron chi connectivity index (χ4n) is 1.73. The van der Waals surface area contributed by atoms with Crippen molar-refractivity contribution in [2.75, 3.05) is 6.61 Å². The van der Waals surface area contributed by atoms with Crippen LogP contribution in [0, 0.1) is 3.57 Å². The molecule has 0 bridgehead atoms. The first-order valence-corrected chi connectivity index (χ1v) is 7.07. The number of H-pyrrole nitrogens is 1. The number of hydrogen-bond donors (Lipinski definition) is 3. The number of nitrogens with one attached hydrogen (secondary N) is 1. The maximum absolute atomic E-state index is 13.9. The number of alkyl halides is 1. The Morgan fingerprint density at radius 2 is 2.22 bits per heavy atom. The van der Waals surface area contributed by atoms with Crippen molar-refractivity contribution in [1.82, 2.24) is 9.55 Å². The minimum atomic E-state index is -1.67. The van der Waals surface area contributed by atoms with Crippen LogP contribution in [0.3, 0.4) is 0 Å². The fraction of sp³-hybridized carbons (Fsp3) is 0.556. The zero-order chi connectivity index (χ0) is 13.4. The van der Waals surface area contributed by atoms with Gasteiger partial charge in [0.1, 0.15) is 11.5 Å². The molecule has 18 heavy (non-hydrogen) atoms. The summed E-state index contributed by atoms with van der Waals surface area (Å²) in [4.78, 5) is 24.9. The number of thioether (sulfide) groups is 1. The Hall–Kier alpha value is -0.390. The third-order valence-electron chi connectivity index (χ3n) is 2.67. The summed E-state index contributed by atoms with van der Waals surface area (Å²) < 4.78 is 15.2. The molecule has 9 heteroatoms. The zero-order valence-electron chi connectivity index (χ0n) is 8.92. The Balaban J connectivity index is 2.42. The number of rotatable bonds is 2. The van der Waals surface area contributed by atoms with Crippen LogP contribution in [-0.4, -0.2) is 43.9 Å². The number of aromatic amines is 1. The molecule has 1 fully saturated rings. The lowest BCUT2D eigenvalue weighted by molar-refractivity contribution is 0.0630. The van der Waals surface area contributed by atoms with E-state index in [2.05, 4.69) is 4.98 Å². The standard InChI is InChI=1S/C9H10FIN2O4S/c10-5-6(15)4(2-14)18-8(5)13-1-3(11)7(16)12-9(13)17/h1,4-6,8,14-15H,2H2,(H,12,16,17)/t4-,5-,6-,8-/m1/s1. The van der Waals surface area contributed by atoms with Gasteiger partial charge in [0.2, 0.25) is 0 Å². The van der Waals surface area contributed by atoms with Crippen LogP contribution in [0.5, 0.6) is 0 Å². The molecular formula is C9H10FIN2O4S. The Bertz CT molecular complexity index is 562. The molecule has 2 heterocycles. The van der Waals surface area contributed by atoms with Crippen LogP contribution in [0.15, 0.2) is 15.8 Å². The van der Waals surface area contributed by atoms with Gasteiger partial charge in [-0.2, -0.15) is 0 Å². The van der Waals surface area contributed by atoms with Crippen LogP contribution in [0.4, 0.5) is 4.39 Å². The SMILES string of the molecule is O=c1[nH]c(=O)n([C@@H]2S[C@H](CO)[C@@H](O)[C@H]2F)cc1I. The highest BCUT2D eigenvalue weighted by Crippen LogP contribution is 2.42. The molecule has 1 aromatic heterocycles. The number of nitrogens with zero attached hydrogens (tertiary/aromatic N) is 1. The lowest BCUT2D eigenvalue weighted by Crippen LogP contribution is -2.36. The zero-order valence-corrected chi connectivity index (χ0v) is 11.9. The van der Waals surface area contributed by atoms with Crippen molar-refractivity contribution >= 4 is 34.4 Å². The van der Waals surface area contributed by atoms with Gasteiger partial charge in [0.25, 0.3) is 5.56 Å². The van der Waals surface area contributed by atoms with E-state index in [1.54, 1.807) is 22.6 Å². The molecule has 0 aromatic carbocycles. The molecule has 2 rings (SSSR count). The molecule has 0 spiro atoms. The fourth-order valence-corrected chi connectivity index (χ4v) is 3.52. The van der Waals surface area contributed by atoms with Gasteiger partial charge in [-0.05, 0) is 22.6 Å². The predicted molar refractivity (Wildman–Crippen MR) is 72.4 cm³/mol. The minimum absolute atomic E-state index is 0.252. The number of aliphatic hydroxyl groups excluding tert-OH is 2. The molecule has 0 saturated carbocycles. The summed E-state index contributed by atoms with van der Waals surface area (Å²) in [6, 6.07) is 0. The van der Waals surface area contributed by atoms with E-state index >= 15 is 0 Å². The van der Waals surface area contributed by atoms with Gasteiger partial charge in [-0.3, -0.25) is 14.3 Å². The Kier molecular flexibility index (Phi) is 4.14. The maximum atomic E-state index is 13.9. The second-order valence-corrected chi connectivity index (χ2v) is 6.35. The van der Waals surface area contributed by atoms with Crippen LogP contribution in [0.1, 0.15) is 5.37 Å². The quantitative estimate of drug-likeness (QED) is 0.591. The summed E-state index contributed by atoms with van der Waals surface area (Å²) in [5, 5.41) is 16.9. The van der Waals surface area contributed by atoms with E-state index in [-0.39, 0.29) is 10.2 Å². The van der Waals surface area contributed by atoms with E-state index in [0.29, 0.717) is 0 Å². The first kappa shape index (κ1) is 14.0. The summed E-state index contributed by atoms with van der Waals surface area (Å²) >= 11 is 2.70.